The van der Waals surface area contributed by atoms with Crippen LogP contribution in [0, 0.1) is 13.8 Å². The molecule has 1 aliphatic heterocycles. The highest BCUT2D eigenvalue weighted by atomic mass is 16.2. The number of hydrogen-bond acceptors (Lipinski definition) is 2. The first-order valence-electron chi connectivity index (χ1n) is 18.9. The summed E-state index contributed by atoms with van der Waals surface area (Å²) in [5, 5.41) is 2.14. The van der Waals surface area contributed by atoms with Crippen LogP contribution in [0.4, 0.5) is 5.69 Å². The lowest BCUT2D eigenvalue weighted by Gasteiger charge is -2.22. The lowest BCUT2D eigenvalue weighted by molar-refractivity contribution is 0.0926. The second kappa shape index (κ2) is 13.2. The number of imide groups is 1. The molecule has 2 heterocycles. The van der Waals surface area contributed by atoms with Crippen LogP contribution < -0.4 is 4.90 Å². The van der Waals surface area contributed by atoms with E-state index in [4.69, 9.17) is 0 Å². The third-order valence-electron chi connectivity index (χ3n) is 11.1. The molecule has 0 N–H and O–H groups in total. The summed E-state index contributed by atoms with van der Waals surface area (Å²) in [6.07, 6.45) is 0. The Morgan fingerprint density at radius 3 is 1.39 bits per heavy atom. The Hall–Kier alpha value is -7.30. The van der Waals surface area contributed by atoms with Gasteiger partial charge in [-0.25, -0.2) is 4.90 Å². The molecule has 0 unspecified atom stereocenters. The monoisotopic (exact) mass is 720 g/mol. The topological polar surface area (TPSA) is 42.3 Å². The van der Waals surface area contributed by atoms with Gasteiger partial charge >= 0.3 is 0 Å². The lowest BCUT2D eigenvalue weighted by atomic mass is 9.92. The molecule has 4 nitrogen and oxygen atoms in total. The molecular weight excluding hydrogens is 685 g/mol. The number of nitrogens with zero attached hydrogens (tertiary/aromatic N) is 2. The molecule has 1 aliphatic rings. The molecule has 2 amide bonds. The Bertz CT molecular complexity index is 2890. The van der Waals surface area contributed by atoms with Crippen molar-refractivity contribution in [3.8, 4) is 50.2 Å². The van der Waals surface area contributed by atoms with Gasteiger partial charge < -0.3 is 4.57 Å². The summed E-state index contributed by atoms with van der Waals surface area (Å²) >= 11 is 0. The summed E-state index contributed by atoms with van der Waals surface area (Å²) in [5.41, 5.74) is 14.6. The molecule has 0 saturated heterocycles. The predicted octanol–water partition coefficient (Wildman–Crippen LogP) is 12.9. The first-order valence-corrected chi connectivity index (χ1v) is 18.9. The van der Waals surface area contributed by atoms with E-state index in [0.717, 1.165) is 66.3 Å². The van der Waals surface area contributed by atoms with Gasteiger partial charge in [0.25, 0.3) is 11.8 Å². The molecule has 8 aromatic carbocycles. The summed E-state index contributed by atoms with van der Waals surface area (Å²) < 4.78 is 2.16. The van der Waals surface area contributed by atoms with Crippen LogP contribution in [-0.2, 0) is 0 Å². The number of anilines is 1. The van der Waals surface area contributed by atoms with Crippen LogP contribution in [0.15, 0.2) is 182 Å². The zero-order chi connectivity index (χ0) is 37.9. The van der Waals surface area contributed by atoms with Crippen molar-refractivity contribution >= 4 is 39.3 Å². The van der Waals surface area contributed by atoms with E-state index in [0.29, 0.717) is 22.5 Å². The Kier molecular flexibility index (Phi) is 7.86. The first-order chi connectivity index (χ1) is 27.4. The van der Waals surface area contributed by atoms with Crippen molar-refractivity contribution in [3.63, 3.8) is 0 Å². The molecule has 4 heteroatoms. The van der Waals surface area contributed by atoms with E-state index in [-0.39, 0.29) is 11.8 Å². The average Bonchev–Trinajstić information content (AvgIpc) is 3.71. The van der Waals surface area contributed by atoms with Crippen molar-refractivity contribution in [1.82, 2.24) is 4.57 Å². The van der Waals surface area contributed by atoms with E-state index in [1.165, 1.54) is 16.0 Å². The van der Waals surface area contributed by atoms with Crippen LogP contribution in [-0.4, -0.2) is 16.4 Å². The zero-order valence-electron chi connectivity index (χ0n) is 31.0. The quantitative estimate of drug-likeness (QED) is 0.161. The maximum absolute atomic E-state index is 15.1. The van der Waals surface area contributed by atoms with Gasteiger partial charge in [-0.1, -0.05) is 151 Å². The highest BCUT2D eigenvalue weighted by molar-refractivity contribution is 6.37. The highest BCUT2D eigenvalue weighted by Crippen LogP contribution is 2.44. The van der Waals surface area contributed by atoms with Gasteiger partial charge in [0.2, 0.25) is 0 Å². The lowest BCUT2D eigenvalue weighted by Crippen LogP contribution is -2.30. The number of carbonyl (C=O) groups is 2. The number of benzene rings is 8. The van der Waals surface area contributed by atoms with Crippen molar-refractivity contribution in [1.29, 1.82) is 0 Å². The maximum Gasteiger partial charge on any atom is 0.268 e. The first kappa shape index (κ1) is 33.3. The maximum atomic E-state index is 15.1. The zero-order valence-corrected chi connectivity index (χ0v) is 31.0. The van der Waals surface area contributed by atoms with Gasteiger partial charge in [0.05, 0.1) is 33.5 Å². The van der Waals surface area contributed by atoms with Crippen LogP contribution in [0.2, 0.25) is 0 Å². The van der Waals surface area contributed by atoms with Gasteiger partial charge in [0.15, 0.2) is 0 Å². The van der Waals surface area contributed by atoms with Crippen molar-refractivity contribution in [2.75, 3.05) is 4.90 Å². The smallest absolute Gasteiger partial charge is 0.268 e. The normalized spacial score (nSPS) is 12.5. The van der Waals surface area contributed by atoms with Crippen LogP contribution >= 0.6 is 0 Å². The van der Waals surface area contributed by atoms with Crippen molar-refractivity contribution < 1.29 is 9.59 Å². The third kappa shape index (κ3) is 5.38. The number of aromatic nitrogens is 1. The summed E-state index contributed by atoms with van der Waals surface area (Å²) in [6.45, 7) is 4.20. The number of rotatable bonds is 6. The van der Waals surface area contributed by atoms with E-state index >= 15 is 4.79 Å². The highest BCUT2D eigenvalue weighted by Gasteiger charge is 2.40. The molecule has 0 aliphatic carbocycles. The molecule has 0 atom stereocenters. The van der Waals surface area contributed by atoms with Crippen molar-refractivity contribution in [3.05, 3.63) is 204 Å². The second-order valence-electron chi connectivity index (χ2n) is 14.6. The van der Waals surface area contributed by atoms with Crippen molar-refractivity contribution in [2.24, 2.45) is 0 Å². The fourth-order valence-corrected chi connectivity index (χ4v) is 8.30. The fourth-order valence-electron chi connectivity index (χ4n) is 8.30. The molecule has 56 heavy (non-hydrogen) atoms. The summed E-state index contributed by atoms with van der Waals surface area (Å²) in [5.74, 6) is -0.677. The summed E-state index contributed by atoms with van der Waals surface area (Å²) in [7, 11) is 0. The van der Waals surface area contributed by atoms with Gasteiger partial charge in [-0.3, -0.25) is 9.59 Å². The molecule has 1 aromatic heterocycles. The van der Waals surface area contributed by atoms with Crippen LogP contribution in [0.1, 0.15) is 31.8 Å². The Morgan fingerprint density at radius 2 is 0.839 bits per heavy atom. The minimum absolute atomic E-state index is 0.335. The molecule has 0 fully saturated rings. The van der Waals surface area contributed by atoms with E-state index in [9.17, 15) is 4.79 Å². The van der Waals surface area contributed by atoms with E-state index in [1.807, 2.05) is 72.8 Å². The number of fused-ring (bicyclic) bond motifs is 4. The van der Waals surface area contributed by atoms with Crippen molar-refractivity contribution in [2.45, 2.75) is 13.8 Å². The number of carbonyl (C=O) groups excluding carboxylic acids is 2. The second-order valence-corrected chi connectivity index (χ2v) is 14.6. The number of amides is 2. The fraction of sp³-hybridized carbons (Fsp3) is 0.0385. The SMILES string of the molecule is Cc1ccc(-c2ccc3c(c2)c2cc(-c4ccc(C)cc4)ccc2n3-c2cccc3c2C(=O)N(c2cccc(-c4ccccc4)c2-c2ccccc2)C3=O)cc1. The summed E-state index contributed by atoms with van der Waals surface area (Å²) in [4.78, 5) is 31.1. The van der Waals surface area contributed by atoms with E-state index < -0.39 is 0 Å². The summed E-state index contributed by atoms with van der Waals surface area (Å²) in [6, 6.07) is 61.9. The molecule has 0 bridgehead atoms. The largest absolute Gasteiger partial charge is 0.308 e. The average molecular weight is 721 g/mol. The Labute approximate surface area is 325 Å². The van der Waals surface area contributed by atoms with Gasteiger partial charge in [0.1, 0.15) is 0 Å². The van der Waals surface area contributed by atoms with Crippen LogP contribution in [0.25, 0.3) is 72.0 Å². The molecular formula is C52H36N2O2. The van der Waals surface area contributed by atoms with E-state index in [1.54, 1.807) is 6.07 Å². The molecule has 0 radical (unpaired) electrons. The Balaban J connectivity index is 1.18. The van der Waals surface area contributed by atoms with Gasteiger partial charge in [-0.15, -0.1) is 0 Å². The standard InChI is InChI=1S/C52H36N2O2/c1-33-19-23-35(24-20-33)39-27-29-45-43(31-39)44-32-40(36-25-21-34(2)22-26-36)28-30-46(44)53(45)48-18-10-16-42-50(48)52(56)54(51(42)55)47-17-9-15-41(37-11-5-3-6-12-37)49(47)38-13-7-4-8-14-38/h3-32H,1-2H3. The molecule has 9 aromatic rings. The van der Waals surface area contributed by atoms with E-state index in [2.05, 4.69) is 122 Å². The third-order valence-corrected chi connectivity index (χ3v) is 11.1. The van der Waals surface area contributed by atoms with Gasteiger partial charge in [-0.2, -0.15) is 0 Å². The predicted molar refractivity (Wildman–Crippen MR) is 230 cm³/mol. The van der Waals surface area contributed by atoms with Crippen LogP contribution in [0.3, 0.4) is 0 Å². The molecule has 10 rings (SSSR count). The minimum Gasteiger partial charge on any atom is -0.308 e. The number of hydrogen-bond donors (Lipinski definition) is 0. The van der Waals surface area contributed by atoms with Crippen LogP contribution in [0.5, 0.6) is 0 Å². The Morgan fingerprint density at radius 1 is 0.357 bits per heavy atom. The minimum atomic E-state index is -0.342. The molecule has 0 spiro atoms. The molecule has 266 valence electrons. The van der Waals surface area contributed by atoms with Gasteiger partial charge in [-0.05, 0) is 95.3 Å². The number of aryl methyl sites for hydroxylation is 2. The molecule has 0 saturated carbocycles. The van der Waals surface area contributed by atoms with Gasteiger partial charge in [0, 0.05) is 16.3 Å².